The second-order valence-electron chi connectivity index (χ2n) is 4.94. The van der Waals surface area contributed by atoms with E-state index in [-0.39, 0.29) is 24.1 Å². The Balaban J connectivity index is 2.57. The lowest BCUT2D eigenvalue weighted by atomic mass is 10.3. The van der Waals surface area contributed by atoms with E-state index in [9.17, 15) is 8.42 Å². The van der Waals surface area contributed by atoms with Gasteiger partial charge in [0.1, 0.15) is 10.6 Å². The van der Waals surface area contributed by atoms with Crippen LogP contribution < -0.4 is 0 Å². The number of likely N-dealkylation sites (N-methyl/N-ethyl adjacent to an activating group) is 1. The number of sulfonamides is 1. The lowest BCUT2D eigenvalue weighted by Gasteiger charge is -2.15. The molecule has 2 rings (SSSR count). The summed E-state index contributed by atoms with van der Waals surface area (Å²) in [6.07, 6.45) is 1.56. The summed E-state index contributed by atoms with van der Waals surface area (Å²) in [6, 6.07) is 3.78. The number of aliphatic hydroxyl groups excluding tert-OH is 1. The highest BCUT2D eigenvalue weighted by atomic mass is 32.2. The van der Waals surface area contributed by atoms with Gasteiger partial charge in [0, 0.05) is 25.8 Å². The van der Waals surface area contributed by atoms with E-state index in [4.69, 9.17) is 5.11 Å². The fourth-order valence-corrected chi connectivity index (χ4v) is 3.92. The van der Waals surface area contributed by atoms with E-state index in [2.05, 4.69) is 5.10 Å². The van der Waals surface area contributed by atoms with E-state index in [0.717, 1.165) is 9.18 Å². The monoisotopic (exact) mass is 329 g/mol. The fourth-order valence-electron chi connectivity index (χ4n) is 1.84. The smallest absolute Gasteiger partial charge is 0.246 e. The van der Waals surface area contributed by atoms with Crippen molar-refractivity contribution < 1.29 is 13.5 Å². The molecular weight excluding hydrogens is 310 g/mol. The normalized spacial score (nSPS) is 12.5. The summed E-state index contributed by atoms with van der Waals surface area (Å²) < 4.78 is 28.1. The molecule has 0 aromatic carbocycles. The van der Waals surface area contributed by atoms with Crippen LogP contribution >= 0.6 is 11.3 Å². The molecule has 21 heavy (non-hydrogen) atoms. The molecule has 2 heterocycles. The molecule has 0 saturated carbocycles. The molecule has 0 atom stereocenters. The lowest BCUT2D eigenvalue weighted by Crippen LogP contribution is -2.29. The van der Waals surface area contributed by atoms with Crippen LogP contribution in [-0.4, -0.2) is 47.8 Å². The van der Waals surface area contributed by atoms with E-state index in [1.807, 2.05) is 31.4 Å². The van der Waals surface area contributed by atoms with Gasteiger partial charge in [-0.05, 0) is 25.3 Å². The second-order valence-corrected chi connectivity index (χ2v) is 7.90. The highest BCUT2D eigenvalue weighted by Gasteiger charge is 2.28. The van der Waals surface area contributed by atoms with E-state index < -0.39 is 10.0 Å². The molecule has 116 valence electrons. The fraction of sp³-hybridized carbons (Fsp3) is 0.462. The Kier molecular flexibility index (Phi) is 4.82. The zero-order valence-electron chi connectivity index (χ0n) is 12.2. The molecule has 6 nitrogen and oxygen atoms in total. The first-order valence-corrected chi connectivity index (χ1v) is 8.90. The Hall–Kier alpha value is -1.22. The standard InChI is InChI=1S/C13H19N3O3S2/c1-10(2)16-9-12(21(18,19)15(3)6-7-17)13(14-16)11-5-4-8-20-11/h4-5,8-10,17H,6-7H2,1-3H3. The van der Waals surface area contributed by atoms with Crippen LogP contribution in [0.15, 0.2) is 28.6 Å². The molecular formula is C13H19N3O3S2. The van der Waals surface area contributed by atoms with Crippen molar-refractivity contribution in [1.29, 1.82) is 0 Å². The average molecular weight is 329 g/mol. The SMILES string of the molecule is CC(C)n1cc(S(=O)(=O)N(C)CCO)c(-c2cccs2)n1. The van der Waals surface area contributed by atoms with Crippen LogP contribution in [-0.2, 0) is 10.0 Å². The third kappa shape index (κ3) is 3.18. The number of aromatic nitrogens is 2. The van der Waals surface area contributed by atoms with Gasteiger partial charge in [0.15, 0.2) is 0 Å². The summed E-state index contributed by atoms with van der Waals surface area (Å²) in [7, 11) is -2.22. The Morgan fingerprint density at radius 2 is 2.19 bits per heavy atom. The number of nitrogens with zero attached hydrogens (tertiary/aromatic N) is 3. The number of thiophene rings is 1. The molecule has 8 heteroatoms. The van der Waals surface area contributed by atoms with Crippen LogP contribution in [0.2, 0.25) is 0 Å². The van der Waals surface area contributed by atoms with Gasteiger partial charge in [0.25, 0.3) is 0 Å². The Morgan fingerprint density at radius 3 is 2.71 bits per heavy atom. The van der Waals surface area contributed by atoms with E-state index in [0.29, 0.717) is 5.69 Å². The molecule has 1 N–H and O–H groups in total. The predicted molar refractivity (Wildman–Crippen MR) is 82.8 cm³/mol. The van der Waals surface area contributed by atoms with Crippen molar-refractivity contribution in [1.82, 2.24) is 14.1 Å². The van der Waals surface area contributed by atoms with Crippen molar-refractivity contribution in [3.8, 4) is 10.6 Å². The van der Waals surface area contributed by atoms with E-state index >= 15 is 0 Å². The molecule has 0 aliphatic rings. The Morgan fingerprint density at radius 1 is 1.48 bits per heavy atom. The minimum atomic E-state index is -3.67. The number of rotatable bonds is 6. The van der Waals surface area contributed by atoms with Gasteiger partial charge in [-0.25, -0.2) is 8.42 Å². The zero-order valence-corrected chi connectivity index (χ0v) is 13.9. The first kappa shape index (κ1) is 16.2. The second kappa shape index (κ2) is 6.27. The highest BCUT2D eigenvalue weighted by molar-refractivity contribution is 7.89. The average Bonchev–Trinajstić information content (AvgIpc) is 3.07. The maximum absolute atomic E-state index is 12.6. The summed E-state index contributed by atoms with van der Waals surface area (Å²) in [5.74, 6) is 0. The Labute approximate surface area is 128 Å². The molecule has 0 amide bonds. The molecule has 2 aromatic heterocycles. The minimum Gasteiger partial charge on any atom is -0.395 e. The first-order chi connectivity index (χ1) is 9.87. The summed E-state index contributed by atoms with van der Waals surface area (Å²) >= 11 is 1.45. The van der Waals surface area contributed by atoms with Gasteiger partial charge in [-0.1, -0.05) is 6.07 Å². The third-order valence-corrected chi connectivity index (χ3v) is 5.82. The van der Waals surface area contributed by atoms with Crippen molar-refractivity contribution in [3.05, 3.63) is 23.7 Å². The van der Waals surface area contributed by atoms with Crippen LogP contribution in [0, 0.1) is 0 Å². The van der Waals surface area contributed by atoms with Gasteiger partial charge < -0.3 is 5.11 Å². The van der Waals surface area contributed by atoms with Gasteiger partial charge in [0.05, 0.1) is 11.5 Å². The topological polar surface area (TPSA) is 75.4 Å². The summed E-state index contributed by atoms with van der Waals surface area (Å²) in [4.78, 5) is 0.986. The minimum absolute atomic E-state index is 0.0546. The highest BCUT2D eigenvalue weighted by Crippen LogP contribution is 2.31. The quantitative estimate of drug-likeness (QED) is 0.877. The number of aliphatic hydroxyl groups is 1. The zero-order chi connectivity index (χ0) is 15.6. The maximum Gasteiger partial charge on any atom is 0.246 e. The summed E-state index contributed by atoms with van der Waals surface area (Å²) in [6.45, 7) is 3.72. The number of hydrogen-bond acceptors (Lipinski definition) is 5. The number of hydrogen-bond donors (Lipinski definition) is 1. The molecule has 0 aliphatic carbocycles. The maximum atomic E-state index is 12.6. The van der Waals surface area contributed by atoms with Gasteiger partial charge in [0.2, 0.25) is 10.0 Å². The summed E-state index contributed by atoms with van der Waals surface area (Å²) in [5, 5.41) is 15.3. The van der Waals surface area contributed by atoms with Crippen molar-refractivity contribution >= 4 is 21.4 Å². The van der Waals surface area contributed by atoms with Crippen LogP contribution in [0.4, 0.5) is 0 Å². The molecule has 2 aromatic rings. The van der Waals surface area contributed by atoms with Crippen LogP contribution in [0.1, 0.15) is 19.9 Å². The third-order valence-electron chi connectivity index (χ3n) is 3.09. The van der Waals surface area contributed by atoms with Crippen LogP contribution in [0.25, 0.3) is 10.6 Å². The molecule has 0 fully saturated rings. The Bertz CT molecular complexity index is 690. The van der Waals surface area contributed by atoms with Crippen molar-refractivity contribution in [2.75, 3.05) is 20.2 Å². The molecule has 0 bridgehead atoms. The molecule has 0 spiro atoms. The molecule has 0 saturated heterocycles. The molecule has 0 unspecified atom stereocenters. The van der Waals surface area contributed by atoms with Crippen molar-refractivity contribution in [3.63, 3.8) is 0 Å². The van der Waals surface area contributed by atoms with Gasteiger partial charge in [-0.2, -0.15) is 9.40 Å². The van der Waals surface area contributed by atoms with E-state index in [1.54, 1.807) is 10.9 Å². The van der Waals surface area contributed by atoms with Crippen molar-refractivity contribution in [2.24, 2.45) is 0 Å². The van der Waals surface area contributed by atoms with Crippen LogP contribution in [0.3, 0.4) is 0 Å². The van der Waals surface area contributed by atoms with Crippen molar-refractivity contribution in [2.45, 2.75) is 24.8 Å². The molecule has 0 radical (unpaired) electrons. The molecule has 0 aliphatic heterocycles. The van der Waals surface area contributed by atoms with E-state index in [1.165, 1.54) is 18.4 Å². The van der Waals surface area contributed by atoms with Crippen LogP contribution in [0.5, 0.6) is 0 Å². The van der Waals surface area contributed by atoms with Gasteiger partial charge in [-0.15, -0.1) is 11.3 Å². The van der Waals surface area contributed by atoms with Gasteiger partial charge in [-0.3, -0.25) is 4.68 Å². The summed E-state index contributed by atoms with van der Waals surface area (Å²) in [5.41, 5.74) is 0.462. The lowest BCUT2D eigenvalue weighted by molar-refractivity contribution is 0.266. The predicted octanol–water partition coefficient (Wildman–Crippen LogP) is 1.81. The largest absolute Gasteiger partial charge is 0.395 e. The first-order valence-electron chi connectivity index (χ1n) is 6.58. The van der Waals surface area contributed by atoms with Gasteiger partial charge >= 0.3 is 0 Å².